The molecule has 20 heavy (non-hydrogen) atoms. The van der Waals surface area contributed by atoms with E-state index in [2.05, 4.69) is 15.2 Å². The monoisotopic (exact) mass is 269 g/mol. The molecule has 2 aliphatic heterocycles. The van der Waals surface area contributed by atoms with Crippen molar-refractivity contribution in [1.82, 2.24) is 9.88 Å². The van der Waals surface area contributed by atoms with E-state index in [0.29, 0.717) is 12.1 Å². The largest absolute Gasteiger partial charge is 0.367 e. The average Bonchev–Trinajstić information content (AvgIpc) is 3.04. The number of aromatic nitrogens is 1. The molecule has 0 bridgehead atoms. The van der Waals surface area contributed by atoms with E-state index >= 15 is 0 Å². The molecule has 2 aliphatic rings. The van der Waals surface area contributed by atoms with E-state index in [1.54, 1.807) is 0 Å². The zero-order valence-electron chi connectivity index (χ0n) is 11.4. The summed E-state index contributed by atoms with van der Waals surface area (Å²) in [5.41, 5.74) is -0.00752. The molecule has 4 heteroatoms. The first-order valence-electron chi connectivity index (χ1n) is 7.44. The van der Waals surface area contributed by atoms with Gasteiger partial charge in [-0.2, -0.15) is 0 Å². The van der Waals surface area contributed by atoms with Crippen molar-refractivity contribution in [3.8, 4) is 0 Å². The number of pyridine rings is 1. The summed E-state index contributed by atoms with van der Waals surface area (Å²) in [6.07, 6.45) is 3.74. The minimum absolute atomic E-state index is 0.00752. The molecule has 3 heterocycles. The quantitative estimate of drug-likeness (QED) is 0.878. The van der Waals surface area contributed by atoms with Crippen molar-refractivity contribution in [1.29, 1.82) is 0 Å². The van der Waals surface area contributed by atoms with E-state index in [1.807, 2.05) is 30.3 Å². The molecular formula is C16H19N3O. The highest BCUT2D eigenvalue weighted by Crippen LogP contribution is 2.29. The Balaban J connectivity index is 1.64. The van der Waals surface area contributed by atoms with Gasteiger partial charge in [0, 0.05) is 24.0 Å². The van der Waals surface area contributed by atoms with Gasteiger partial charge in [0.05, 0.1) is 0 Å². The van der Waals surface area contributed by atoms with Gasteiger partial charge in [0.25, 0.3) is 5.56 Å². The Bertz CT molecular complexity index is 693. The molecule has 0 spiro atoms. The molecule has 1 aromatic heterocycles. The Hall–Kier alpha value is -1.81. The molecule has 2 atom stereocenters. The van der Waals surface area contributed by atoms with E-state index in [-0.39, 0.29) is 5.56 Å². The lowest BCUT2D eigenvalue weighted by Crippen LogP contribution is -2.34. The van der Waals surface area contributed by atoms with E-state index < -0.39 is 0 Å². The number of hydrogen-bond donors (Lipinski definition) is 2. The lowest BCUT2D eigenvalue weighted by Gasteiger charge is -2.22. The van der Waals surface area contributed by atoms with Crippen LogP contribution in [-0.4, -0.2) is 35.1 Å². The number of aromatic amines is 1. The Labute approximate surface area is 117 Å². The minimum Gasteiger partial charge on any atom is -0.367 e. The molecule has 0 radical (unpaired) electrons. The summed E-state index contributed by atoms with van der Waals surface area (Å²) in [5, 5.41) is 5.30. The van der Waals surface area contributed by atoms with Crippen LogP contribution in [0.2, 0.25) is 0 Å². The Morgan fingerprint density at radius 1 is 1.20 bits per heavy atom. The van der Waals surface area contributed by atoms with Gasteiger partial charge in [-0.25, -0.2) is 0 Å². The molecule has 104 valence electrons. The maximum atomic E-state index is 12.1. The van der Waals surface area contributed by atoms with Gasteiger partial charge in [-0.3, -0.25) is 9.69 Å². The number of fused-ring (bicyclic) bond motifs is 2. The minimum atomic E-state index is -0.00752. The van der Waals surface area contributed by atoms with Gasteiger partial charge >= 0.3 is 0 Å². The van der Waals surface area contributed by atoms with Crippen molar-refractivity contribution in [3.63, 3.8) is 0 Å². The summed E-state index contributed by atoms with van der Waals surface area (Å²) in [4.78, 5) is 17.6. The summed E-state index contributed by atoms with van der Waals surface area (Å²) in [5.74, 6) is 0.854. The highest BCUT2D eigenvalue weighted by molar-refractivity contribution is 5.83. The van der Waals surface area contributed by atoms with Crippen LogP contribution in [-0.2, 0) is 0 Å². The molecule has 4 rings (SSSR count). The van der Waals surface area contributed by atoms with Crippen LogP contribution >= 0.6 is 0 Å². The zero-order chi connectivity index (χ0) is 13.5. The molecule has 4 nitrogen and oxygen atoms in total. The molecule has 2 N–H and O–H groups in total. The van der Waals surface area contributed by atoms with Gasteiger partial charge in [0.2, 0.25) is 0 Å². The maximum Gasteiger partial charge on any atom is 0.257 e. The van der Waals surface area contributed by atoms with Crippen molar-refractivity contribution in [2.75, 3.05) is 18.4 Å². The van der Waals surface area contributed by atoms with Crippen molar-refractivity contribution in [2.24, 2.45) is 0 Å². The first-order valence-corrected chi connectivity index (χ1v) is 7.44. The van der Waals surface area contributed by atoms with Crippen molar-refractivity contribution < 1.29 is 0 Å². The van der Waals surface area contributed by atoms with Crippen LogP contribution in [0, 0.1) is 0 Å². The number of benzene rings is 1. The highest BCUT2D eigenvalue weighted by Gasteiger charge is 2.37. The number of anilines is 1. The number of nitrogens with zero attached hydrogens (tertiary/aromatic N) is 1. The first-order chi connectivity index (χ1) is 9.81. The number of rotatable bonds is 2. The van der Waals surface area contributed by atoms with Crippen LogP contribution in [0.1, 0.15) is 19.3 Å². The third-order valence-corrected chi connectivity index (χ3v) is 4.70. The SMILES string of the molecule is O=c1[nH]c(NC2CCN3CCCC23)cc2ccccc12. The van der Waals surface area contributed by atoms with Crippen LogP contribution in [0.15, 0.2) is 35.1 Å². The Kier molecular flexibility index (Phi) is 2.77. The normalized spacial score (nSPS) is 26.0. The average molecular weight is 269 g/mol. The molecule has 0 amide bonds. The number of hydrogen-bond acceptors (Lipinski definition) is 3. The molecule has 0 saturated carbocycles. The fraction of sp³-hybridized carbons (Fsp3) is 0.438. The predicted octanol–water partition coefficient (Wildman–Crippen LogP) is 2.18. The first kappa shape index (κ1) is 12.0. The summed E-state index contributed by atoms with van der Waals surface area (Å²) in [6.45, 7) is 2.41. The zero-order valence-corrected chi connectivity index (χ0v) is 11.4. The lowest BCUT2D eigenvalue weighted by atomic mass is 10.1. The predicted molar refractivity (Wildman–Crippen MR) is 81.2 cm³/mol. The summed E-state index contributed by atoms with van der Waals surface area (Å²) in [6, 6.07) is 10.9. The van der Waals surface area contributed by atoms with E-state index in [4.69, 9.17) is 0 Å². The van der Waals surface area contributed by atoms with Crippen molar-refractivity contribution in [2.45, 2.75) is 31.3 Å². The molecule has 2 fully saturated rings. The Morgan fingerprint density at radius 2 is 2.10 bits per heavy atom. The van der Waals surface area contributed by atoms with E-state index in [1.165, 1.54) is 32.4 Å². The summed E-state index contributed by atoms with van der Waals surface area (Å²) >= 11 is 0. The Morgan fingerprint density at radius 3 is 3.05 bits per heavy atom. The molecule has 2 aromatic rings. The topological polar surface area (TPSA) is 48.1 Å². The lowest BCUT2D eigenvalue weighted by molar-refractivity contribution is 0.318. The fourth-order valence-corrected chi connectivity index (χ4v) is 3.74. The summed E-state index contributed by atoms with van der Waals surface area (Å²) in [7, 11) is 0. The molecule has 1 aromatic carbocycles. The third kappa shape index (κ3) is 1.91. The fourth-order valence-electron chi connectivity index (χ4n) is 3.74. The van der Waals surface area contributed by atoms with Crippen LogP contribution in [0.3, 0.4) is 0 Å². The molecule has 2 unspecified atom stereocenters. The number of H-pyrrole nitrogens is 1. The second kappa shape index (κ2) is 4.63. The van der Waals surface area contributed by atoms with E-state index in [0.717, 1.165) is 16.6 Å². The molecule has 0 aliphatic carbocycles. The van der Waals surface area contributed by atoms with E-state index in [9.17, 15) is 4.79 Å². The number of nitrogens with one attached hydrogen (secondary N) is 2. The standard InChI is InChI=1S/C16H19N3O/c20-16-12-5-2-1-4-11(12)10-15(18-16)17-13-7-9-19-8-3-6-14(13)19/h1-2,4-5,10,13-14H,3,6-9H2,(H2,17,18,20). The van der Waals surface area contributed by atoms with Crippen LogP contribution in [0.4, 0.5) is 5.82 Å². The van der Waals surface area contributed by atoms with Crippen molar-refractivity contribution in [3.05, 3.63) is 40.7 Å². The second-order valence-electron chi connectivity index (χ2n) is 5.88. The highest BCUT2D eigenvalue weighted by atomic mass is 16.1. The van der Waals surface area contributed by atoms with Gasteiger partial charge in [0.15, 0.2) is 0 Å². The van der Waals surface area contributed by atoms with Crippen molar-refractivity contribution >= 4 is 16.6 Å². The molecule has 2 saturated heterocycles. The summed E-state index contributed by atoms with van der Waals surface area (Å²) < 4.78 is 0. The van der Waals surface area contributed by atoms with Crippen LogP contribution in [0.5, 0.6) is 0 Å². The van der Waals surface area contributed by atoms with Crippen LogP contribution < -0.4 is 10.9 Å². The van der Waals surface area contributed by atoms with Crippen LogP contribution in [0.25, 0.3) is 10.8 Å². The molecular weight excluding hydrogens is 250 g/mol. The van der Waals surface area contributed by atoms with Gasteiger partial charge in [-0.15, -0.1) is 0 Å². The third-order valence-electron chi connectivity index (χ3n) is 4.70. The second-order valence-corrected chi connectivity index (χ2v) is 5.88. The maximum absolute atomic E-state index is 12.1. The van der Waals surface area contributed by atoms with Gasteiger partial charge in [-0.1, -0.05) is 18.2 Å². The van der Waals surface area contributed by atoms with Gasteiger partial charge in [-0.05, 0) is 43.3 Å². The smallest absolute Gasteiger partial charge is 0.257 e. The van der Waals surface area contributed by atoms with Gasteiger partial charge < -0.3 is 10.3 Å². The van der Waals surface area contributed by atoms with Gasteiger partial charge in [0.1, 0.15) is 5.82 Å².